The van der Waals surface area contributed by atoms with Crippen LogP contribution in [0.4, 0.5) is 8.78 Å². The first-order valence-corrected chi connectivity index (χ1v) is 5.76. The first kappa shape index (κ1) is 14.5. The van der Waals surface area contributed by atoms with Gasteiger partial charge < -0.3 is 5.73 Å². The number of halogens is 2. The van der Waals surface area contributed by atoms with Gasteiger partial charge in [-0.3, -0.25) is 4.79 Å². The Bertz CT molecular complexity index is 458. The molecule has 98 valence electrons. The number of ketones is 1. The molecule has 1 rings (SSSR count). The fraction of sp³-hybridized carbons (Fsp3) is 0.357. The number of carbonyl (C=O) groups excluding carboxylic acids is 1. The summed E-state index contributed by atoms with van der Waals surface area (Å²) in [5.74, 6) is -1.82. The van der Waals surface area contributed by atoms with Gasteiger partial charge in [0.2, 0.25) is 0 Å². The Balaban J connectivity index is 2.99. The SMILES string of the molecule is C=C(C)c1c(F)cc(C(=O)CC[C@H](C)N)cc1F. The van der Waals surface area contributed by atoms with E-state index < -0.39 is 11.6 Å². The highest BCUT2D eigenvalue weighted by Gasteiger charge is 2.15. The minimum Gasteiger partial charge on any atom is -0.328 e. The van der Waals surface area contributed by atoms with Crippen LogP contribution in [0.5, 0.6) is 0 Å². The second-order valence-corrected chi connectivity index (χ2v) is 4.53. The molecule has 0 saturated carbocycles. The molecule has 1 aromatic rings. The summed E-state index contributed by atoms with van der Waals surface area (Å²) in [6, 6.07) is 1.99. The van der Waals surface area contributed by atoms with E-state index in [2.05, 4.69) is 6.58 Å². The van der Waals surface area contributed by atoms with Gasteiger partial charge in [0.15, 0.2) is 5.78 Å². The van der Waals surface area contributed by atoms with Crippen LogP contribution in [0.15, 0.2) is 18.7 Å². The summed E-state index contributed by atoms with van der Waals surface area (Å²) in [4.78, 5) is 11.7. The Hall–Kier alpha value is -1.55. The van der Waals surface area contributed by atoms with Crippen molar-refractivity contribution in [3.05, 3.63) is 41.5 Å². The van der Waals surface area contributed by atoms with E-state index in [4.69, 9.17) is 5.73 Å². The van der Waals surface area contributed by atoms with Crippen LogP contribution in [0.25, 0.3) is 5.57 Å². The maximum atomic E-state index is 13.6. The molecule has 0 radical (unpaired) electrons. The summed E-state index contributed by atoms with van der Waals surface area (Å²) >= 11 is 0. The molecule has 0 aromatic heterocycles. The lowest BCUT2D eigenvalue weighted by atomic mass is 10.00. The van der Waals surface area contributed by atoms with Crippen LogP contribution in [0.3, 0.4) is 0 Å². The number of hydrogen-bond acceptors (Lipinski definition) is 2. The molecule has 0 aliphatic rings. The average Bonchev–Trinajstić information content (AvgIpc) is 2.24. The number of rotatable bonds is 5. The third kappa shape index (κ3) is 3.47. The highest BCUT2D eigenvalue weighted by atomic mass is 19.1. The van der Waals surface area contributed by atoms with Crippen LogP contribution in [-0.4, -0.2) is 11.8 Å². The third-order valence-electron chi connectivity index (χ3n) is 2.62. The van der Waals surface area contributed by atoms with Gasteiger partial charge in [0.25, 0.3) is 0 Å². The Morgan fingerprint density at radius 1 is 1.39 bits per heavy atom. The Labute approximate surface area is 105 Å². The smallest absolute Gasteiger partial charge is 0.163 e. The molecule has 2 N–H and O–H groups in total. The quantitative estimate of drug-likeness (QED) is 0.818. The van der Waals surface area contributed by atoms with Crippen molar-refractivity contribution in [1.82, 2.24) is 0 Å². The van der Waals surface area contributed by atoms with E-state index in [0.717, 1.165) is 12.1 Å². The fourth-order valence-electron chi connectivity index (χ4n) is 1.64. The van der Waals surface area contributed by atoms with Crippen LogP contribution in [-0.2, 0) is 0 Å². The van der Waals surface area contributed by atoms with Gasteiger partial charge in [-0.15, -0.1) is 0 Å². The van der Waals surface area contributed by atoms with E-state index in [1.807, 2.05) is 0 Å². The lowest BCUT2D eigenvalue weighted by Crippen LogP contribution is -2.16. The maximum absolute atomic E-state index is 13.6. The lowest BCUT2D eigenvalue weighted by Gasteiger charge is -2.08. The van der Waals surface area contributed by atoms with E-state index in [1.54, 1.807) is 6.92 Å². The van der Waals surface area contributed by atoms with Gasteiger partial charge in [-0.2, -0.15) is 0 Å². The van der Waals surface area contributed by atoms with Crippen molar-refractivity contribution in [3.63, 3.8) is 0 Å². The molecular weight excluding hydrogens is 236 g/mol. The number of benzene rings is 1. The van der Waals surface area contributed by atoms with E-state index >= 15 is 0 Å². The molecule has 0 amide bonds. The predicted molar refractivity (Wildman–Crippen MR) is 68.3 cm³/mol. The summed E-state index contributed by atoms with van der Waals surface area (Å²) in [6.07, 6.45) is 0.674. The molecule has 0 heterocycles. The van der Waals surface area contributed by atoms with Crippen molar-refractivity contribution in [2.75, 3.05) is 0 Å². The van der Waals surface area contributed by atoms with E-state index in [1.165, 1.54) is 6.92 Å². The standard InChI is InChI=1S/C14H17F2NO/c1-8(2)14-11(15)6-10(7-12(14)16)13(18)5-4-9(3)17/h6-7,9H,1,4-5,17H2,2-3H3/t9-/m0/s1. The number of allylic oxidation sites excluding steroid dienone is 1. The topological polar surface area (TPSA) is 43.1 Å². The molecule has 0 aliphatic heterocycles. The summed E-state index contributed by atoms with van der Waals surface area (Å²) < 4.78 is 27.3. The summed E-state index contributed by atoms with van der Waals surface area (Å²) in [5, 5.41) is 0. The van der Waals surface area contributed by atoms with Gasteiger partial charge in [-0.25, -0.2) is 8.78 Å². The van der Waals surface area contributed by atoms with Crippen molar-refractivity contribution in [2.24, 2.45) is 5.73 Å². The Morgan fingerprint density at radius 2 is 1.89 bits per heavy atom. The van der Waals surface area contributed by atoms with Gasteiger partial charge >= 0.3 is 0 Å². The first-order chi connectivity index (χ1) is 8.32. The zero-order valence-corrected chi connectivity index (χ0v) is 10.6. The number of nitrogens with two attached hydrogens (primary N) is 1. The lowest BCUT2D eigenvalue weighted by molar-refractivity contribution is 0.0977. The average molecular weight is 253 g/mol. The van der Waals surface area contributed by atoms with Crippen molar-refractivity contribution < 1.29 is 13.6 Å². The molecule has 1 atom stereocenters. The predicted octanol–water partition coefficient (Wildman–Crippen LogP) is 3.31. The zero-order valence-electron chi connectivity index (χ0n) is 10.6. The van der Waals surface area contributed by atoms with Crippen LogP contribution < -0.4 is 5.73 Å². The van der Waals surface area contributed by atoms with Crippen molar-refractivity contribution >= 4 is 11.4 Å². The molecule has 0 aliphatic carbocycles. The second-order valence-electron chi connectivity index (χ2n) is 4.53. The van der Waals surface area contributed by atoms with Crippen LogP contribution in [0.2, 0.25) is 0 Å². The monoisotopic (exact) mass is 253 g/mol. The molecule has 0 bridgehead atoms. The van der Waals surface area contributed by atoms with Crippen molar-refractivity contribution in [1.29, 1.82) is 0 Å². The molecular formula is C14H17F2NO. The summed E-state index contributed by atoms with van der Waals surface area (Å²) in [6.45, 7) is 6.79. The molecule has 0 fully saturated rings. The van der Waals surface area contributed by atoms with Gasteiger partial charge in [0, 0.05) is 23.6 Å². The minimum absolute atomic E-state index is 0.0376. The van der Waals surface area contributed by atoms with Gasteiger partial charge in [-0.1, -0.05) is 6.58 Å². The molecule has 2 nitrogen and oxygen atoms in total. The van der Waals surface area contributed by atoms with Crippen LogP contribution >= 0.6 is 0 Å². The largest absolute Gasteiger partial charge is 0.328 e. The fourth-order valence-corrected chi connectivity index (χ4v) is 1.64. The first-order valence-electron chi connectivity index (χ1n) is 5.76. The van der Waals surface area contributed by atoms with Gasteiger partial charge in [0.05, 0.1) is 0 Å². The molecule has 0 unspecified atom stereocenters. The third-order valence-corrected chi connectivity index (χ3v) is 2.62. The summed E-state index contributed by atoms with van der Waals surface area (Å²) in [7, 11) is 0. The molecule has 0 spiro atoms. The van der Waals surface area contributed by atoms with E-state index in [0.29, 0.717) is 12.0 Å². The number of carbonyl (C=O) groups is 1. The van der Waals surface area contributed by atoms with E-state index in [9.17, 15) is 13.6 Å². The van der Waals surface area contributed by atoms with Crippen LogP contribution in [0.1, 0.15) is 42.6 Å². The van der Waals surface area contributed by atoms with Gasteiger partial charge in [-0.05, 0) is 38.0 Å². The molecule has 4 heteroatoms. The maximum Gasteiger partial charge on any atom is 0.163 e. The Morgan fingerprint density at radius 3 is 2.28 bits per heavy atom. The number of Topliss-reactive ketones (excluding diaryl/α,β-unsaturated/α-hetero) is 1. The Kier molecular flexibility index (Phi) is 4.73. The van der Waals surface area contributed by atoms with Crippen LogP contribution in [0, 0.1) is 11.6 Å². The molecule has 0 saturated heterocycles. The highest BCUT2D eigenvalue weighted by Crippen LogP contribution is 2.22. The van der Waals surface area contributed by atoms with Gasteiger partial charge in [0.1, 0.15) is 11.6 Å². The second kappa shape index (κ2) is 5.87. The van der Waals surface area contributed by atoms with Crippen molar-refractivity contribution in [2.45, 2.75) is 32.7 Å². The number of hydrogen-bond donors (Lipinski definition) is 1. The molecule has 18 heavy (non-hydrogen) atoms. The highest BCUT2D eigenvalue weighted by molar-refractivity contribution is 5.96. The molecule has 1 aromatic carbocycles. The summed E-state index contributed by atoms with van der Waals surface area (Å²) in [5.41, 5.74) is 5.69. The van der Waals surface area contributed by atoms with Crippen molar-refractivity contribution in [3.8, 4) is 0 Å². The minimum atomic E-state index is -0.758. The van der Waals surface area contributed by atoms with E-state index in [-0.39, 0.29) is 29.4 Å². The zero-order chi connectivity index (χ0) is 13.9. The normalized spacial score (nSPS) is 12.3.